The summed E-state index contributed by atoms with van der Waals surface area (Å²) in [6.45, 7) is 4.29. The van der Waals surface area contributed by atoms with E-state index in [1.807, 2.05) is 18.6 Å². The van der Waals surface area contributed by atoms with Crippen LogP contribution in [0.4, 0.5) is 14.5 Å². The summed E-state index contributed by atoms with van der Waals surface area (Å²) in [5, 5.41) is 2.67. The highest BCUT2D eigenvalue weighted by Gasteiger charge is 2.20. The molecule has 2 rings (SSSR count). The minimum Gasteiger partial charge on any atom is -0.352 e. The van der Waals surface area contributed by atoms with Gasteiger partial charge in [-0.3, -0.25) is 9.52 Å². The Morgan fingerprint density at radius 3 is 2.28 bits per heavy atom. The average molecular weight is 368 g/mol. The molecule has 2 aromatic rings. The fraction of sp³-hybridized carbons (Fsp3) is 0.235. The van der Waals surface area contributed by atoms with E-state index in [1.54, 1.807) is 0 Å². The lowest BCUT2D eigenvalue weighted by Gasteiger charge is -2.11. The van der Waals surface area contributed by atoms with Crippen LogP contribution in [0.1, 0.15) is 24.2 Å². The van der Waals surface area contributed by atoms with E-state index in [9.17, 15) is 22.0 Å². The van der Waals surface area contributed by atoms with Gasteiger partial charge in [-0.05, 0) is 36.2 Å². The lowest BCUT2D eigenvalue weighted by Crippen LogP contribution is -2.27. The second-order valence-electron chi connectivity index (χ2n) is 5.83. The summed E-state index contributed by atoms with van der Waals surface area (Å²) in [5.41, 5.74) is -0.630. The number of benzene rings is 2. The molecule has 0 aliphatic carbocycles. The Morgan fingerprint density at radius 2 is 1.68 bits per heavy atom. The average Bonchev–Trinajstić information content (AvgIpc) is 2.56. The van der Waals surface area contributed by atoms with Crippen LogP contribution in [0.15, 0.2) is 47.4 Å². The fourth-order valence-electron chi connectivity index (χ4n) is 1.99. The van der Waals surface area contributed by atoms with Crippen molar-refractivity contribution in [2.75, 3.05) is 11.3 Å². The second-order valence-corrected chi connectivity index (χ2v) is 7.52. The van der Waals surface area contributed by atoms with Gasteiger partial charge in [0.1, 0.15) is 17.3 Å². The lowest BCUT2D eigenvalue weighted by molar-refractivity contribution is 0.0949. The van der Waals surface area contributed by atoms with Gasteiger partial charge in [0.15, 0.2) is 0 Å². The van der Waals surface area contributed by atoms with Crippen LogP contribution >= 0.6 is 0 Å². The molecule has 0 radical (unpaired) electrons. The zero-order valence-electron chi connectivity index (χ0n) is 13.7. The molecule has 2 aromatic carbocycles. The van der Waals surface area contributed by atoms with Crippen molar-refractivity contribution >= 4 is 21.6 Å². The van der Waals surface area contributed by atoms with Gasteiger partial charge >= 0.3 is 0 Å². The molecule has 5 nitrogen and oxygen atoms in total. The van der Waals surface area contributed by atoms with E-state index >= 15 is 0 Å². The molecule has 0 heterocycles. The predicted octanol–water partition coefficient (Wildman–Crippen LogP) is 3.15. The van der Waals surface area contributed by atoms with E-state index in [0.29, 0.717) is 6.54 Å². The minimum absolute atomic E-state index is 0.137. The third kappa shape index (κ3) is 4.76. The van der Waals surface area contributed by atoms with Crippen LogP contribution in [0.5, 0.6) is 0 Å². The molecule has 8 heteroatoms. The largest absolute Gasteiger partial charge is 0.352 e. The van der Waals surface area contributed by atoms with Gasteiger partial charge in [-0.15, -0.1) is 0 Å². The van der Waals surface area contributed by atoms with Gasteiger partial charge in [0, 0.05) is 12.1 Å². The molecule has 0 spiro atoms. The standard InChI is InChI=1S/C17H18F2N2O3S/c1-11(2)10-20-17(22)12-5-3-6-13(9-12)25(23,24)21-16-14(18)7-4-8-15(16)19/h3-9,11,21H,10H2,1-2H3,(H,20,22). The monoisotopic (exact) mass is 368 g/mol. The van der Waals surface area contributed by atoms with E-state index in [4.69, 9.17) is 0 Å². The fourth-order valence-corrected chi connectivity index (χ4v) is 3.11. The number of sulfonamides is 1. The highest BCUT2D eigenvalue weighted by atomic mass is 32.2. The number of hydrogen-bond donors (Lipinski definition) is 2. The molecule has 0 aliphatic rings. The first-order valence-corrected chi connectivity index (χ1v) is 9.04. The van der Waals surface area contributed by atoms with Crippen molar-refractivity contribution in [1.82, 2.24) is 5.32 Å². The number of para-hydroxylation sites is 1. The molecule has 0 saturated carbocycles. The van der Waals surface area contributed by atoms with E-state index in [1.165, 1.54) is 18.2 Å². The Bertz CT molecular complexity index is 863. The number of amides is 1. The van der Waals surface area contributed by atoms with Gasteiger partial charge in [0.2, 0.25) is 0 Å². The quantitative estimate of drug-likeness (QED) is 0.822. The summed E-state index contributed by atoms with van der Waals surface area (Å²) in [6, 6.07) is 8.24. The van der Waals surface area contributed by atoms with Gasteiger partial charge < -0.3 is 5.32 Å². The first kappa shape index (κ1) is 18.9. The maximum absolute atomic E-state index is 13.6. The van der Waals surface area contributed by atoms with E-state index in [-0.39, 0.29) is 16.4 Å². The number of carbonyl (C=O) groups excluding carboxylic acids is 1. The number of rotatable bonds is 6. The van der Waals surface area contributed by atoms with Gasteiger partial charge in [-0.2, -0.15) is 0 Å². The summed E-state index contributed by atoms with van der Waals surface area (Å²) in [4.78, 5) is 11.8. The summed E-state index contributed by atoms with van der Waals surface area (Å²) >= 11 is 0. The SMILES string of the molecule is CC(C)CNC(=O)c1cccc(S(=O)(=O)Nc2c(F)cccc2F)c1. The Balaban J connectivity index is 2.28. The Kier molecular flexibility index (Phi) is 5.73. The van der Waals surface area contributed by atoms with Crippen molar-refractivity contribution in [2.24, 2.45) is 5.92 Å². The molecule has 2 N–H and O–H groups in total. The molecule has 0 unspecified atom stereocenters. The molecular formula is C17H18F2N2O3S. The number of carbonyl (C=O) groups is 1. The number of nitrogens with one attached hydrogen (secondary N) is 2. The number of anilines is 1. The Morgan fingerprint density at radius 1 is 1.08 bits per heavy atom. The van der Waals surface area contributed by atoms with Crippen LogP contribution in [0.3, 0.4) is 0 Å². The van der Waals surface area contributed by atoms with Crippen molar-refractivity contribution in [3.63, 3.8) is 0 Å². The van der Waals surface area contributed by atoms with Crippen molar-refractivity contribution in [2.45, 2.75) is 18.7 Å². The van der Waals surface area contributed by atoms with E-state index < -0.39 is 33.3 Å². The normalized spacial score (nSPS) is 11.4. The number of hydrogen-bond acceptors (Lipinski definition) is 3. The maximum Gasteiger partial charge on any atom is 0.262 e. The van der Waals surface area contributed by atoms with Crippen molar-refractivity contribution in [3.05, 3.63) is 59.7 Å². The summed E-state index contributed by atoms with van der Waals surface area (Å²) in [7, 11) is -4.26. The van der Waals surface area contributed by atoms with Crippen LogP contribution in [-0.4, -0.2) is 20.9 Å². The molecule has 25 heavy (non-hydrogen) atoms. The third-order valence-corrected chi connectivity index (χ3v) is 4.62. The molecule has 0 aliphatic heterocycles. The minimum atomic E-state index is -4.26. The van der Waals surface area contributed by atoms with Gasteiger partial charge in [0.05, 0.1) is 4.90 Å². The molecule has 0 bridgehead atoms. The molecule has 134 valence electrons. The molecular weight excluding hydrogens is 350 g/mol. The summed E-state index contributed by atoms with van der Waals surface area (Å²) < 4.78 is 53.9. The zero-order valence-corrected chi connectivity index (χ0v) is 14.5. The number of halogens is 2. The van der Waals surface area contributed by atoms with Crippen LogP contribution in [0.25, 0.3) is 0 Å². The molecule has 0 atom stereocenters. The van der Waals surface area contributed by atoms with Gasteiger partial charge in [-0.25, -0.2) is 17.2 Å². The zero-order chi connectivity index (χ0) is 18.6. The molecule has 0 fully saturated rings. The maximum atomic E-state index is 13.6. The van der Waals surface area contributed by atoms with Crippen molar-refractivity contribution in [1.29, 1.82) is 0 Å². The van der Waals surface area contributed by atoms with Gasteiger partial charge in [0.25, 0.3) is 15.9 Å². The highest BCUT2D eigenvalue weighted by molar-refractivity contribution is 7.92. The van der Waals surface area contributed by atoms with Crippen LogP contribution in [0.2, 0.25) is 0 Å². The van der Waals surface area contributed by atoms with Crippen LogP contribution < -0.4 is 10.0 Å². The first-order chi connectivity index (χ1) is 11.7. The van der Waals surface area contributed by atoms with Crippen molar-refractivity contribution in [3.8, 4) is 0 Å². The van der Waals surface area contributed by atoms with E-state index in [2.05, 4.69) is 5.32 Å². The topological polar surface area (TPSA) is 75.3 Å². The van der Waals surface area contributed by atoms with E-state index in [0.717, 1.165) is 24.3 Å². The van der Waals surface area contributed by atoms with Crippen LogP contribution in [0, 0.1) is 17.6 Å². The van der Waals surface area contributed by atoms with Crippen LogP contribution in [-0.2, 0) is 10.0 Å². The van der Waals surface area contributed by atoms with Gasteiger partial charge in [-0.1, -0.05) is 26.0 Å². The third-order valence-electron chi connectivity index (χ3n) is 3.28. The first-order valence-electron chi connectivity index (χ1n) is 7.56. The Hall–Kier alpha value is -2.48. The summed E-state index contributed by atoms with van der Waals surface area (Å²) in [6.07, 6.45) is 0. The van der Waals surface area contributed by atoms with Crippen molar-refractivity contribution < 1.29 is 22.0 Å². The molecule has 1 amide bonds. The molecule has 0 saturated heterocycles. The predicted molar refractivity (Wildman–Crippen MR) is 90.8 cm³/mol. The highest BCUT2D eigenvalue weighted by Crippen LogP contribution is 2.22. The molecule has 0 aromatic heterocycles. The summed E-state index contributed by atoms with van der Waals surface area (Å²) in [5.74, 6) is -2.26. The smallest absolute Gasteiger partial charge is 0.262 e. The second kappa shape index (κ2) is 7.60. The lowest BCUT2D eigenvalue weighted by atomic mass is 10.2. The Labute approximate surface area is 145 Å².